The number of hydrogen-bond donors (Lipinski definition) is 2. The van der Waals surface area contributed by atoms with Crippen molar-refractivity contribution >= 4 is 11.5 Å². The molecule has 0 aliphatic heterocycles. The molecule has 1 aliphatic rings. The van der Waals surface area contributed by atoms with E-state index in [4.69, 9.17) is 5.73 Å². The van der Waals surface area contributed by atoms with Crippen LogP contribution in [0.25, 0.3) is 0 Å². The van der Waals surface area contributed by atoms with Crippen LogP contribution in [0.5, 0.6) is 0 Å². The molecule has 1 unspecified atom stereocenters. The van der Waals surface area contributed by atoms with Crippen molar-refractivity contribution in [2.45, 2.75) is 45.6 Å². The van der Waals surface area contributed by atoms with Crippen molar-refractivity contribution in [2.75, 3.05) is 11.1 Å². The minimum Gasteiger partial charge on any atom is -0.397 e. The van der Waals surface area contributed by atoms with E-state index in [0.29, 0.717) is 11.5 Å². The van der Waals surface area contributed by atoms with E-state index in [9.17, 15) is 0 Å². The summed E-state index contributed by atoms with van der Waals surface area (Å²) in [5, 5.41) is 3.50. The van der Waals surface area contributed by atoms with Gasteiger partial charge in [0.15, 0.2) is 0 Å². The highest BCUT2D eigenvalue weighted by Crippen LogP contribution is 2.36. The molecule has 3 N–H and O–H groups in total. The smallest absolute Gasteiger partial charge is 0.126 e. The number of aromatic nitrogens is 1. The molecule has 1 heterocycles. The SMILES string of the molecule is CC1(C)CCCC(Nc2ccc(N)cn2)C1. The Morgan fingerprint density at radius 3 is 2.88 bits per heavy atom. The Morgan fingerprint density at radius 2 is 2.25 bits per heavy atom. The molecule has 0 spiro atoms. The summed E-state index contributed by atoms with van der Waals surface area (Å²) in [5.74, 6) is 0.942. The summed E-state index contributed by atoms with van der Waals surface area (Å²) in [7, 11) is 0. The van der Waals surface area contributed by atoms with E-state index >= 15 is 0 Å². The molecular formula is C13H21N3. The van der Waals surface area contributed by atoms with Gasteiger partial charge in [0.25, 0.3) is 0 Å². The third-order valence-electron chi connectivity index (χ3n) is 3.34. The Labute approximate surface area is 97.5 Å². The first-order valence-corrected chi connectivity index (χ1v) is 6.03. The minimum atomic E-state index is 0.462. The van der Waals surface area contributed by atoms with E-state index < -0.39 is 0 Å². The quantitative estimate of drug-likeness (QED) is 0.803. The predicted octanol–water partition coefficient (Wildman–Crippen LogP) is 3.04. The van der Waals surface area contributed by atoms with Crippen molar-refractivity contribution in [3.63, 3.8) is 0 Å². The monoisotopic (exact) mass is 219 g/mol. The summed E-state index contributed by atoms with van der Waals surface area (Å²) in [6.45, 7) is 4.69. The lowest BCUT2D eigenvalue weighted by atomic mass is 9.75. The lowest BCUT2D eigenvalue weighted by molar-refractivity contribution is 0.229. The number of rotatable bonds is 2. The molecule has 1 aromatic heterocycles. The zero-order chi connectivity index (χ0) is 11.6. The fourth-order valence-electron chi connectivity index (χ4n) is 2.52. The van der Waals surface area contributed by atoms with Crippen molar-refractivity contribution in [1.29, 1.82) is 0 Å². The number of nitrogen functional groups attached to an aromatic ring is 1. The Morgan fingerprint density at radius 1 is 1.44 bits per heavy atom. The fraction of sp³-hybridized carbons (Fsp3) is 0.615. The Bertz CT molecular complexity index is 343. The standard InChI is InChI=1S/C13H21N3/c1-13(2)7-3-4-11(8-13)16-12-6-5-10(14)9-15-12/h5-6,9,11H,3-4,7-8,14H2,1-2H3,(H,15,16). The number of hydrogen-bond acceptors (Lipinski definition) is 3. The van der Waals surface area contributed by atoms with Gasteiger partial charge in [0.2, 0.25) is 0 Å². The van der Waals surface area contributed by atoms with Crippen molar-refractivity contribution in [2.24, 2.45) is 5.41 Å². The number of nitrogens with two attached hydrogens (primary N) is 1. The van der Waals surface area contributed by atoms with Crippen molar-refractivity contribution in [3.8, 4) is 0 Å². The van der Waals surface area contributed by atoms with Gasteiger partial charge in [-0.3, -0.25) is 0 Å². The molecule has 88 valence electrons. The van der Waals surface area contributed by atoms with Crippen LogP contribution >= 0.6 is 0 Å². The second-order valence-corrected chi connectivity index (χ2v) is 5.58. The third kappa shape index (κ3) is 2.87. The Balaban J connectivity index is 1.97. The summed E-state index contributed by atoms with van der Waals surface area (Å²) in [5.41, 5.74) is 6.79. The molecule has 16 heavy (non-hydrogen) atoms. The molecule has 0 bridgehead atoms. The van der Waals surface area contributed by atoms with Gasteiger partial charge < -0.3 is 11.1 Å². The highest BCUT2D eigenvalue weighted by Gasteiger charge is 2.27. The maximum atomic E-state index is 5.61. The van der Waals surface area contributed by atoms with Gasteiger partial charge in [-0.05, 0) is 36.8 Å². The molecule has 1 saturated carbocycles. The maximum Gasteiger partial charge on any atom is 0.126 e. The summed E-state index contributed by atoms with van der Waals surface area (Å²) in [4.78, 5) is 4.28. The second-order valence-electron chi connectivity index (χ2n) is 5.58. The van der Waals surface area contributed by atoms with Crippen LogP contribution in [0.2, 0.25) is 0 Å². The molecule has 1 fully saturated rings. The zero-order valence-corrected chi connectivity index (χ0v) is 10.2. The summed E-state index contributed by atoms with van der Waals surface area (Å²) < 4.78 is 0. The second kappa shape index (κ2) is 4.32. The Hall–Kier alpha value is -1.25. The number of pyridine rings is 1. The summed E-state index contributed by atoms with van der Waals surface area (Å²) >= 11 is 0. The maximum absolute atomic E-state index is 5.61. The van der Waals surface area contributed by atoms with E-state index in [-0.39, 0.29) is 0 Å². The van der Waals surface area contributed by atoms with E-state index in [1.54, 1.807) is 6.20 Å². The fourth-order valence-corrected chi connectivity index (χ4v) is 2.52. The third-order valence-corrected chi connectivity index (χ3v) is 3.34. The molecule has 2 rings (SSSR count). The zero-order valence-electron chi connectivity index (χ0n) is 10.2. The van der Waals surface area contributed by atoms with E-state index in [2.05, 4.69) is 24.1 Å². The van der Waals surface area contributed by atoms with Crippen LogP contribution in [-0.2, 0) is 0 Å². The van der Waals surface area contributed by atoms with Gasteiger partial charge in [0.05, 0.1) is 11.9 Å². The molecule has 0 radical (unpaired) electrons. The molecule has 0 saturated heterocycles. The first-order valence-electron chi connectivity index (χ1n) is 6.03. The lowest BCUT2D eigenvalue weighted by Crippen LogP contribution is -2.31. The average Bonchev–Trinajstić information content (AvgIpc) is 2.20. The van der Waals surface area contributed by atoms with Crippen molar-refractivity contribution in [1.82, 2.24) is 4.98 Å². The first-order chi connectivity index (χ1) is 7.55. The summed E-state index contributed by atoms with van der Waals surface area (Å²) in [6, 6.07) is 4.40. The molecule has 1 aromatic rings. The highest BCUT2D eigenvalue weighted by atomic mass is 15.0. The largest absolute Gasteiger partial charge is 0.397 e. The van der Waals surface area contributed by atoms with Crippen molar-refractivity contribution in [3.05, 3.63) is 18.3 Å². The average molecular weight is 219 g/mol. The van der Waals surface area contributed by atoms with E-state index in [1.165, 1.54) is 25.7 Å². The van der Waals surface area contributed by atoms with Gasteiger partial charge >= 0.3 is 0 Å². The van der Waals surface area contributed by atoms with Crippen LogP contribution in [-0.4, -0.2) is 11.0 Å². The number of nitrogens with one attached hydrogen (secondary N) is 1. The summed E-state index contributed by atoms with van der Waals surface area (Å²) in [6.07, 6.45) is 6.81. The predicted molar refractivity (Wildman–Crippen MR) is 68.3 cm³/mol. The molecular weight excluding hydrogens is 198 g/mol. The Kier molecular flexibility index (Phi) is 3.03. The molecule has 3 nitrogen and oxygen atoms in total. The van der Waals surface area contributed by atoms with Gasteiger partial charge in [-0.1, -0.05) is 20.3 Å². The topological polar surface area (TPSA) is 50.9 Å². The minimum absolute atomic E-state index is 0.462. The molecule has 1 atom stereocenters. The van der Waals surface area contributed by atoms with E-state index in [1.807, 2.05) is 12.1 Å². The van der Waals surface area contributed by atoms with Crippen LogP contribution in [0, 0.1) is 5.41 Å². The molecule has 3 heteroatoms. The molecule has 1 aliphatic carbocycles. The normalized spacial score (nSPS) is 24.0. The van der Waals surface area contributed by atoms with Gasteiger partial charge in [-0.15, -0.1) is 0 Å². The highest BCUT2D eigenvalue weighted by molar-refractivity contribution is 5.44. The number of anilines is 2. The molecule has 0 aromatic carbocycles. The van der Waals surface area contributed by atoms with Crippen molar-refractivity contribution < 1.29 is 0 Å². The van der Waals surface area contributed by atoms with Crippen LogP contribution in [0.15, 0.2) is 18.3 Å². The van der Waals surface area contributed by atoms with Gasteiger partial charge in [-0.25, -0.2) is 4.98 Å². The lowest BCUT2D eigenvalue weighted by Gasteiger charge is -2.35. The van der Waals surface area contributed by atoms with Crippen LogP contribution < -0.4 is 11.1 Å². The van der Waals surface area contributed by atoms with Gasteiger partial charge in [0.1, 0.15) is 5.82 Å². The van der Waals surface area contributed by atoms with Gasteiger partial charge in [0, 0.05) is 6.04 Å². The number of nitrogens with zero attached hydrogens (tertiary/aromatic N) is 1. The first kappa shape index (κ1) is 11.2. The molecule has 0 amide bonds. The van der Waals surface area contributed by atoms with Crippen LogP contribution in [0.4, 0.5) is 11.5 Å². The van der Waals surface area contributed by atoms with Crippen LogP contribution in [0.3, 0.4) is 0 Å². The van der Waals surface area contributed by atoms with E-state index in [0.717, 1.165) is 11.5 Å². The van der Waals surface area contributed by atoms with Crippen LogP contribution in [0.1, 0.15) is 39.5 Å². The van der Waals surface area contributed by atoms with Gasteiger partial charge in [-0.2, -0.15) is 0 Å².